The second-order valence-corrected chi connectivity index (χ2v) is 16.4. The third kappa shape index (κ3) is 3.92. The number of carboxylic acids is 1. The molecule has 0 saturated heterocycles. The number of ketones is 1. The fraction of sp³-hybridized carbons (Fsp3) is 0.889. The van der Waals surface area contributed by atoms with Gasteiger partial charge in [-0.25, -0.2) is 0 Å². The van der Waals surface area contributed by atoms with Gasteiger partial charge in [-0.15, -0.1) is 0 Å². The lowest BCUT2D eigenvalue weighted by atomic mass is 9.32. The van der Waals surface area contributed by atoms with Crippen LogP contribution in [0.25, 0.3) is 0 Å². The van der Waals surface area contributed by atoms with Gasteiger partial charge in [0, 0.05) is 12.5 Å². The fourth-order valence-electron chi connectivity index (χ4n) is 13.0. The first-order chi connectivity index (χ1) is 18.6. The zero-order valence-corrected chi connectivity index (χ0v) is 27.1. The van der Waals surface area contributed by atoms with Crippen LogP contribution in [-0.2, 0) is 9.59 Å². The summed E-state index contributed by atoms with van der Waals surface area (Å²) in [7, 11) is 0. The molecule has 10 atom stereocenters. The molecule has 5 fully saturated rings. The number of hydrogen-bond acceptors (Lipinski definition) is 3. The topological polar surface area (TPSA) is 57.6 Å². The molecule has 4 nitrogen and oxygen atoms in total. The quantitative estimate of drug-likeness (QED) is 0.322. The summed E-state index contributed by atoms with van der Waals surface area (Å²) in [5.41, 5.74) is 1.35. The number of carboxylic acid groups (broad SMARTS) is 1. The molecule has 0 bridgehead atoms. The summed E-state index contributed by atoms with van der Waals surface area (Å²) in [6.45, 7) is 26.4. The summed E-state index contributed by atoms with van der Waals surface area (Å²) in [6.07, 6.45) is 10.7. The molecule has 0 radical (unpaired) electrons. The molecule has 226 valence electrons. The van der Waals surface area contributed by atoms with Crippen molar-refractivity contribution in [3.05, 3.63) is 12.2 Å². The van der Waals surface area contributed by atoms with Crippen LogP contribution in [0.15, 0.2) is 12.2 Å². The van der Waals surface area contributed by atoms with E-state index in [1.165, 1.54) is 24.8 Å². The van der Waals surface area contributed by atoms with Gasteiger partial charge in [0.2, 0.25) is 0 Å². The van der Waals surface area contributed by atoms with E-state index in [1.807, 2.05) is 6.92 Å². The number of fused-ring (bicyclic) bond motifs is 7. The lowest BCUT2D eigenvalue weighted by Crippen LogP contribution is -2.66. The van der Waals surface area contributed by atoms with Gasteiger partial charge in [0.15, 0.2) is 0 Å². The molecule has 40 heavy (non-hydrogen) atoms. The maximum atomic E-state index is 13.1. The molecular formula is C36H59NO3. The average molecular weight is 554 g/mol. The van der Waals surface area contributed by atoms with Gasteiger partial charge in [-0.05, 0) is 135 Å². The highest BCUT2D eigenvalue weighted by Gasteiger charge is 2.72. The van der Waals surface area contributed by atoms with E-state index in [4.69, 9.17) is 0 Å². The molecule has 0 heterocycles. The largest absolute Gasteiger partial charge is 0.481 e. The molecule has 0 aromatic carbocycles. The van der Waals surface area contributed by atoms with E-state index in [0.717, 1.165) is 64.6 Å². The number of likely N-dealkylation sites (N-methyl/N-ethyl adjacent to an activating group) is 1. The van der Waals surface area contributed by atoms with Gasteiger partial charge in [0.05, 0.1) is 5.41 Å². The Morgan fingerprint density at radius 1 is 0.825 bits per heavy atom. The van der Waals surface area contributed by atoms with E-state index in [9.17, 15) is 14.7 Å². The standard InChI is InChI=1S/C36H59NO3/c1-10-37(11-2)22-23(3)25-14-19-36(31(39)40)21-20-34(8)27(30(25)36)12-13-29-33(7)17-15-26(24(4)38)32(5,6)28(33)16-18-35(29,34)9/h25-30H,3,10-22H2,1-2,4-9H3,(H,39,40)/t25-,26+,27+,28-,29+,30+,33-,34+,35+,36-/m0/s1. The van der Waals surface area contributed by atoms with E-state index in [0.29, 0.717) is 29.5 Å². The van der Waals surface area contributed by atoms with E-state index in [2.05, 4.69) is 59.9 Å². The second-order valence-electron chi connectivity index (χ2n) is 16.4. The monoisotopic (exact) mass is 553 g/mol. The molecule has 0 amide bonds. The molecule has 4 heteroatoms. The van der Waals surface area contributed by atoms with Crippen molar-refractivity contribution in [2.45, 2.75) is 120 Å². The molecule has 1 N–H and O–H groups in total. The highest BCUT2D eigenvalue weighted by molar-refractivity contribution is 5.79. The van der Waals surface area contributed by atoms with Crippen molar-refractivity contribution < 1.29 is 14.7 Å². The highest BCUT2D eigenvalue weighted by atomic mass is 16.4. The van der Waals surface area contributed by atoms with Gasteiger partial charge in [-0.2, -0.15) is 0 Å². The van der Waals surface area contributed by atoms with Crippen molar-refractivity contribution in [1.29, 1.82) is 0 Å². The molecule has 5 rings (SSSR count). The van der Waals surface area contributed by atoms with Crippen LogP contribution in [0, 0.1) is 62.6 Å². The van der Waals surface area contributed by atoms with Crippen LogP contribution < -0.4 is 0 Å². The Bertz CT molecular complexity index is 1040. The summed E-state index contributed by atoms with van der Waals surface area (Å²) in [5, 5.41) is 10.8. The number of hydrogen-bond donors (Lipinski definition) is 1. The van der Waals surface area contributed by atoms with Gasteiger partial charge in [-0.3, -0.25) is 14.5 Å². The van der Waals surface area contributed by atoms with E-state index in [-0.39, 0.29) is 33.5 Å². The van der Waals surface area contributed by atoms with Crippen LogP contribution in [0.2, 0.25) is 0 Å². The third-order valence-corrected chi connectivity index (χ3v) is 15.2. The fourth-order valence-corrected chi connectivity index (χ4v) is 13.0. The van der Waals surface area contributed by atoms with Crippen molar-refractivity contribution in [3.63, 3.8) is 0 Å². The number of rotatable bonds is 7. The number of aliphatic carboxylic acids is 1. The molecule has 0 spiro atoms. The first kappa shape index (κ1) is 30.3. The Hall–Kier alpha value is -1.16. The Kier molecular flexibility index (Phi) is 7.54. The number of nitrogens with zero attached hydrogens (tertiary/aromatic N) is 1. The van der Waals surface area contributed by atoms with Gasteiger partial charge in [-0.1, -0.05) is 60.6 Å². The van der Waals surface area contributed by atoms with Gasteiger partial charge in [0.1, 0.15) is 5.78 Å². The minimum Gasteiger partial charge on any atom is -0.481 e. The van der Waals surface area contributed by atoms with Gasteiger partial charge >= 0.3 is 5.97 Å². The van der Waals surface area contributed by atoms with E-state index < -0.39 is 11.4 Å². The lowest BCUT2D eigenvalue weighted by molar-refractivity contribution is -0.242. The zero-order chi connectivity index (χ0) is 29.5. The summed E-state index contributed by atoms with van der Waals surface area (Å²) in [6, 6.07) is 0. The lowest BCUT2D eigenvalue weighted by Gasteiger charge is -2.73. The van der Waals surface area contributed by atoms with E-state index >= 15 is 0 Å². The Morgan fingerprint density at radius 3 is 2.10 bits per heavy atom. The second kappa shape index (κ2) is 9.95. The van der Waals surface area contributed by atoms with E-state index in [1.54, 1.807) is 0 Å². The normalized spacial score (nSPS) is 47.5. The molecule has 0 aliphatic heterocycles. The van der Waals surface area contributed by atoms with Crippen LogP contribution >= 0.6 is 0 Å². The van der Waals surface area contributed by atoms with Crippen molar-refractivity contribution in [2.24, 2.45) is 62.6 Å². The average Bonchev–Trinajstić information content (AvgIpc) is 3.28. The highest BCUT2D eigenvalue weighted by Crippen LogP contribution is 2.77. The first-order valence-electron chi connectivity index (χ1n) is 16.8. The maximum Gasteiger partial charge on any atom is 0.309 e. The predicted octanol–water partition coefficient (Wildman–Crippen LogP) is 8.26. The summed E-state index contributed by atoms with van der Waals surface area (Å²) in [4.78, 5) is 28.3. The van der Waals surface area contributed by atoms with Gasteiger partial charge in [0.25, 0.3) is 0 Å². The van der Waals surface area contributed by atoms with Crippen molar-refractivity contribution >= 4 is 11.8 Å². The van der Waals surface area contributed by atoms with Crippen LogP contribution in [0.4, 0.5) is 0 Å². The minimum absolute atomic E-state index is 0.0433. The number of carbonyl (C=O) groups excluding carboxylic acids is 1. The predicted molar refractivity (Wildman–Crippen MR) is 163 cm³/mol. The smallest absolute Gasteiger partial charge is 0.309 e. The maximum absolute atomic E-state index is 13.1. The van der Waals surface area contributed by atoms with Crippen LogP contribution in [0.1, 0.15) is 120 Å². The molecule has 5 aliphatic rings. The molecule has 0 aromatic rings. The first-order valence-corrected chi connectivity index (χ1v) is 16.8. The summed E-state index contributed by atoms with van der Waals surface area (Å²) in [5.74, 6) is 2.22. The molecular weight excluding hydrogens is 494 g/mol. The Balaban J connectivity index is 1.51. The van der Waals surface area contributed by atoms with Crippen molar-refractivity contribution in [3.8, 4) is 0 Å². The SMILES string of the molecule is C=C(CN(CC)CC)[C@@H]1CC[C@]2(C(=O)O)CC[C@]3(C)[C@H](CC[C@@H]4[C@@]5(C)CC[C@H](C(C)=O)C(C)(C)[C@@H]5CC[C@]43C)[C@@H]12. The number of carbonyl (C=O) groups is 2. The molecule has 5 saturated carbocycles. The van der Waals surface area contributed by atoms with Crippen LogP contribution in [-0.4, -0.2) is 41.4 Å². The molecule has 5 aliphatic carbocycles. The third-order valence-electron chi connectivity index (χ3n) is 15.2. The number of Topliss-reactive ketones (excluding diaryl/α,β-unsaturated/α-hetero) is 1. The van der Waals surface area contributed by atoms with Crippen molar-refractivity contribution in [1.82, 2.24) is 4.90 Å². The van der Waals surface area contributed by atoms with Gasteiger partial charge < -0.3 is 5.11 Å². The molecule has 0 unspecified atom stereocenters. The van der Waals surface area contributed by atoms with Crippen LogP contribution in [0.3, 0.4) is 0 Å². The molecule has 0 aromatic heterocycles. The summed E-state index contributed by atoms with van der Waals surface area (Å²) >= 11 is 0. The van der Waals surface area contributed by atoms with Crippen LogP contribution in [0.5, 0.6) is 0 Å². The zero-order valence-electron chi connectivity index (χ0n) is 27.1. The van der Waals surface area contributed by atoms with Crippen molar-refractivity contribution in [2.75, 3.05) is 19.6 Å². The summed E-state index contributed by atoms with van der Waals surface area (Å²) < 4.78 is 0. The Morgan fingerprint density at radius 2 is 1.50 bits per heavy atom. The minimum atomic E-state index is -0.577. The Labute approximate surface area is 245 Å².